The highest BCUT2D eigenvalue weighted by molar-refractivity contribution is 5.22. The quantitative estimate of drug-likeness (QED) is 0.905. The van der Waals surface area contributed by atoms with Gasteiger partial charge in [0.1, 0.15) is 5.54 Å². The number of rotatable bonds is 3. The number of nitriles is 1. The van der Waals surface area contributed by atoms with Gasteiger partial charge in [0.15, 0.2) is 0 Å². The van der Waals surface area contributed by atoms with Crippen molar-refractivity contribution < 1.29 is 0 Å². The molecule has 0 heterocycles. The summed E-state index contributed by atoms with van der Waals surface area (Å²) in [6.45, 7) is 3.09. The molecule has 1 aromatic carbocycles. The molecule has 1 aromatic rings. The zero-order valence-corrected chi connectivity index (χ0v) is 11.9. The van der Waals surface area contributed by atoms with Crippen molar-refractivity contribution in [2.45, 2.75) is 50.7 Å². The van der Waals surface area contributed by atoms with Crippen LogP contribution in [-0.2, 0) is 6.54 Å². The monoisotopic (exact) mass is 257 g/mol. The lowest BCUT2D eigenvalue weighted by Crippen LogP contribution is -2.46. The van der Waals surface area contributed by atoms with Gasteiger partial charge in [0, 0.05) is 12.6 Å². The highest BCUT2D eigenvalue weighted by atomic mass is 15.1. The first kappa shape index (κ1) is 14.0. The van der Waals surface area contributed by atoms with Gasteiger partial charge in [-0.2, -0.15) is 5.26 Å². The van der Waals surface area contributed by atoms with Gasteiger partial charge in [0.05, 0.1) is 6.07 Å². The standard InChI is InChI=1S/C16H23N3/c1-13-4-3-5-14(10-13)11-19(2)15-6-8-16(18,12-17)9-7-15/h3-5,10,15H,6-9,11,18H2,1-2H3. The Morgan fingerprint density at radius 2 is 2.11 bits per heavy atom. The first-order chi connectivity index (χ1) is 9.02. The van der Waals surface area contributed by atoms with Crippen molar-refractivity contribution in [2.24, 2.45) is 5.73 Å². The van der Waals surface area contributed by atoms with E-state index in [1.165, 1.54) is 11.1 Å². The Labute approximate surface area is 116 Å². The molecule has 0 saturated heterocycles. The number of aryl methyl sites for hydroxylation is 1. The zero-order valence-electron chi connectivity index (χ0n) is 11.9. The lowest BCUT2D eigenvalue weighted by molar-refractivity contribution is 0.161. The second-order valence-electron chi connectivity index (χ2n) is 5.90. The minimum absolute atomic E-state index is 0.547. The summed E-state index contributed by atoms with van der Waals surface area (Å²) in [4.78, 5) is 2.39. The fourth-order valence-corrected chi connectivity index (χ4v) is 2.90. The summed E-state index contributed by atoms with van der Waals surface area (Å²) >= 11 is 0. The number of hydrogen-bond acceptors (Lipinski definition) is 3. The van der Waals surface area contributed by atoms with Gasteiger partial charge in [-0.15, -0.1) is 0 Å². The summed E-state index contributed by atoms with van der Waals surface area (Å²) in [7, 11) is 2.17. The molecule has 0 bridgehead atoms. The Kier molecular flexibility index (Phi) is 4.24. The maximum absolute atomic E-state index is 9.05. The molecule has 0 aliphatic heterocycles. The van der Waals surface area contributed by atoms with Crippen LogP contribution < -0.4 is 5.73 Å². The van der Waals surface area contributed by atoms with Crippen molar-refractivity contribution in [3.63, 3.8) is 0 Å². The second-order valence-corrected chi connectivity index (χ2v) is 5.90. The Balaban J connectivity index is 1.92. The molecule has 0 radical (unpaired) electrons. The van der Waals surface area contributed by atoms with E-state index in [-0.39, 0.29) is 0 Å². The van der Waals surface area contributed by atoms with Gasteiger partial charge in [-0.05, 0) is 45.2 Å². The van der Waals surface area contributed by atoms with Crippen LogP contribution in [0.25, 0.3) is 0 Å². The molecule has 1 aliphatic rings. The highest BCUT2D eigenvalue weighted by Gasteiger charge is 2.32. The molecule has 0 amide bonds. The Hall–Kier alpha value is -1.37. The molecule has 1 aliphatic carbocycles. The zero-order chi connectivity index (χ0) is 13.9. The highest BCUT2D eigenvalue weighted by Crippen LogP contribution is 2.28. The molecule has 0 spiro atoms. The number of nitrogens with two attached hydrogens (primary N) is 1. The molecular formula is C16H23N3. The summed E-state index contributed by atoms with van der Waals surface area (Å²) in [5.41, 5.74) is 8.09. The van der Waals surface area contributed by atoms with Gasteiger partial charge in [-0.25, -0.2) is 0 Å². The molecule has 0 atom stereocenters. The van der Waals surface area contributed by atoms with Crippen LogP contribution in [0.1, 0.15) is 36.8 Å². The van der Waals surface area contributed by atoms with Crippen molar-refractivity contribution in [2.75, 3.05) is 7.05 Å². The maximum atomic E-state index is 9.05. The molecule has 19 heavy (non-hydrogen) atoms. The SMILES string of the molecule is Cc1cccc(CN(C)C2CCC(N)(C#N)CC2)c1. The van der Waals surface area contributed by atoms with Crippen LogP contribution in [-0.4, -0.2) is 23.5 Å². The third kappa shape index (κ3) is 3.56. The lowest BCUT2D eigenvalue weighted by Gasteiger charge is -2.36. The predicted molar refractivity (Wildman–Crippen MR) is 77.4 cm³/mol. The lowest BCUT2D eigenvalue weighted by atomic mass is 9.81. The fraction of sp³-hybridized carbons (Fsp3) is 0.562. The molecule has 0 unspecified atom stereocenters. The average Bonchev–Trinajstić information content (AvgIpc) is 2.39. The van der Waals surface area contributed by atoms with E-state index in [1.54, 1.807) is 0 Å². The van der Waals surface area contributed by atoms with Crippen molar-refractivity contribution in [1.29, 1.82) is 5.26 Å². The van der Waals surface area contributed by atoms with Crippen LogP contribution in [0.3, 0.4) is 0 Å². The Morgan fingerprint density at radius 3 is 2.68 bits per heavy atom. The van der Waals surface area contributed by atoms with Crippen molar-refractivity contribution in [3.05, 3.63) is 35.4 Å². The molecule has 1 saturated carbocycles. The summed E-state index contributed by atoms with van der Waals surface area (Å²) in [5.74, 6) is 0. The molecule has 0 aromatic heterocycles. The van der Waals surface area contributed by atoms with Crippen LogP contribution in [0.15, 0.2) is 24.3 Å². The van der Waals surface area contributed by atoms with Gasteiger partial charge < -0.3 is 5.73 Å². The topological polar surface area (TPSA) is 53.0 Å². The minimum Gasteiger partial charge on any atom is -0.313 e. The first-order valence-corrected chi connectivity index (χ1v) is 6.98. The first-order valence-electron chi connectivity index (χ1n) is 6.98. The largest absolute Gasteiger partial charge is 0.313 e. The van der Waals surface area contributed by atoms with Crippen LogP contribution in [0.4, 0.5) is 0 Å². The minimum atomic E-state index is -0.583. The van der Waals surface area contributed by atoms with E-state index >= 15 is 0 Å². The number of hydrogen-bond donors (Lipinski definition) is 1. The van der Waals surface area contributed by atoms with E-state index in [2.05, 4.69) is 49.2 Å². The molecule has 3 nitrogen and oxygen atoms in total. The van der Waals surface area contributed by atoms with E-state index in [0.29, 0.717) is 6.04 Å². The second kappa shape index (κ2) is 5.73. The molecule has 102 valence electrons. The van der Waals surface area contributed by atoms with Gasteiger partial charge in [-0.1, -0.05) is 29.8 Å². The summed E-state index contributed by atoms with van der Waals surface area (Å²) < 4.78 is 0. The predicted octanol–water partition coefficient (Wildman–Crippen LogP) is 2.59. The number of benzene rings is 1. The summed E-state index contributed by atoms with van der Waals surface area (Å²) in [6.07, 6.45) is 3.66. The Bertz CT molecular complexity index is 467. The van der Waals surface area contributed by atoms with Gasteiger partial charge in [0.25, 0.3) is 0 Å². The van der Waals surface area contributed by atoms with Crippen LogP contribution in [0.5, 0.6) is 0 Å². The fourth-order valence-electron chi connectivity index (χ4n) is 2.90. The van der Waals surface area contributed by atoms with Gasteiger partial charge in [-0.3, -0.25) is 4.90 Å². The average molecular weight is 257 g/mol. The molecule has 2 N–H and O–H groups in total. The van der Waals surface area contributed by atoms with Crippen molar-refractivity contribution >= 4 is 0 Å². The Morgan fingerprint density at radius 1 is 1.42 bits per heavy atom. The summed E-state index contributed by atoms with van der Waals surface area (Å²) in [5, 5.41) is 9.05. The number of nitrogens with zero attached hydrogens (tertiary/aromatic N) is 2. The normalized spacial score (nSPS) is 27.2. The smallest absolute Gasteiger partial charge is 0.104 e. The molecular weight excluding hydrogens is 234 g/mol. The third-order valence-electron chi connectivity index (χ3n) is 4.21. The third-order valence-corrected chi connectivity index (χ3v) is 4.21. The van der Waals surface area contributed by atoms with E-state index < -0.39 is 5.54 Å². The van der Waals surface area contributed by atoms with Gasteiger partial charge >= 0.3 is 0 Å². The maximum Gasteiger partial charge on any atom is 0.104 e. The van der Waals surface area contributed by atoms with Gasteiger partial charge in [0.2, 0.25) is 0 Å². The van der Waals surface area contributed by atoms with E-state index in [0.717, 1.165) is 32.2 Å². The molecule has 3 heteroatoms. The van der Waals surface area contributed by atoms with Crippen molar-refractivity contribution in [1.82, 2.24) is 4.90 Å². The molecule has 1 fully saturated rings. The van der Waals surface area contributed by atoms with E-state index in [1.807, 2.05) is 0 Å². The van der Waals surface area contributed by atoms with E-state index in [4.69, 9.17) is 11.0 Å². The van der Waals surface area contributed by atoms with Crippen LogP contribution >= 0.6 is 0 Å². The van der Waals surface area contributed by atoms with Crippen LogP contribution in [0.2, 0.25) is 0 Å². The summed E-state index contributed by atoms with van der Waals surface area (Å²) in [6, 6.07) is 11.5. The van der Waals surface area contributed by atoms with Crippen molar-refractivity contribution in [3.8, 4) is 6.07 Å². The van der Waals surface area contributed by atoms with E-state index in [9.17, 15) is 0 Å². The molecule has 2 rings (SSSR count). The van der Waals surface area contributed by atoms with Crippen LogP contribution in [0, 0.1) is 18.3 Å².